The van der Waals surface area contributed by atoms with Gasteiger partial charge < -0.3 is 4.98 Å². The van der Waals surface area contributed by atoms with E-state index in [9.17, 15) is 9.18 Å². The minimum atomic E-state index is -0.276. The van der Waals surface area contributed by atoms with Crippen LogP contribution in [0.5, 0.6) is 0 Å². The molecule has 136 valence electrons. The molecule has 4 rings (SSSR count). The summed E-state index contributed by atoms with van der Waals surface area (Å²) in [5.74, 6) is -0.276. The first-order chi connectivity index (χ1) is 12.5. The third-order valence-electron chi connectivity index (χ3n) is 5.01. The molecule has 1 saturated heterocycles. The Labute approximate surface area is 160 Å². The molecule has 0 saturated carbocycles. The number of likely N-dealkylation sites (tertiary alicyclic amines) is 1. The van der Waals surface area contributed by atoms with E-state index in [1.54, 1.807) is 22.8 Å². The van der Waals surface area contributed by atoms with E-state index in [4.69, 9.17) is 23.2 Å². The van der Waals surface area contributed by atoms with Gasteiger partial charge >= 0.3 is 5.69 Å². The highest BCUT2D eigenvalue weighted by molar-refractivity contribution is 6.31. The number of nitrogens with zero attached hydrogens (tertiary/aromatic N) is 2. The molecule has 2 aromatic carbocycles. The Morgan fingerprint density at radius 2 is 1.77 bits per heavy atom. The van der Waals surface area contributed by atoms with Crippen LogP contribution in [0.2, 0.25) is 10.0 Å². The van der Waals surface area contributed by atoms with Crippen LogP contribution in [0.1, 0.15) is 24.4 Å². The van der Waals surface area contributed by atoms with Crippen molar-refractivity contribution in [2.45, 2.75) is 25.4 Å². The fourth-order valence-corrected chi connectivity index (χ4v) is 4.01. The van der Waals surface area contributed by atoms with E-state index in [-0.39, 0.29) is 17.5 Å². The molecule has 4 nitrogen and oxygen atoms in total. The van der Waals surface area contributed by atoms with E-state index in [0.29, 0.717) is 22.2 Å². The molecular formula is C19H18Cl2FN3O. The van der Waals surface area contributed by atoms with Gasteiger partial charge in [-0.25, -0.2) is 9.18 Å². The number of nitrogens with one attached hydrogen (secondary N) is 1. The maximum absolute atomic E-state index is 14.0. The fourth-order valence-electron chi connectivity index (χ4n) is 3.68. The zero-order chi connectivity index (χ0) is 18.3. The molecule has 26 heavy (non-hydrogen) atoms. The topological polar surface area (TPSA) is 41.0 Å². The van der Waals surface area contributed by atoms with E-state index in [0.717, 1.165) is 37.0 Å². The summed E-state index contributed by atoms with van der Waals surface area (Å²) in [5, 5.41) is 1.02. The second-order valence-corrected chi connectivity index (χ2v) is 7.58. The van der Waals surface area contributed by atoms with Crippen LogP contribution in [-0.4, -0.2) is 27.5 Å². The quantitative estimate of drug-likeness (QED) is 0.705. The Morgan fingerprint density at radius 1 is 1.08 bits per heavy atom. The molecule has 0 amide bonds. The largest absolute Gasteiger partial charge is 0.326 e. The van der Waals surface area contributed by atoms with Gasteiger partial charge in [0.25, 0.3) is 0 Å². The van der Waals surface area contributed by atoms with Crippen LogP contribution in [-0.2, 0) is 6.54 Å². The smallest absolute Gasteiger partial charge is 0.306 e. The fraction of sp³-hybridized carbons (Fsp3) is 0.316. The molecular weight excluding hydrogens is 376 g/mol. The van der Waals surface area contributed by atoms with Crippen LogP contribution in [0, 0.1) is 5.82 Å². The SMILES string of the molecule is O=c1[nH]c2ccc(Cl)cc2n1C1CCN(Cc2ccc(Cl)cc2F)CC1. The normalized spacial score (nSPS) is 16.4. The van der Waals surface area contributed by atoms with Gasteiger partial charge in [-0.05, 0) is 43.2 Å². The number of imidazole rings is 1. The number of H-pyrrole nitrogens is 1. The van der Waals surface area contributed by atoms with Gasteiger partial charge in [0.05, 0.1) is 11.0 Å². The lowest BCUT2D eigenvalue weighted by Crippen LogP contribution is -2.36. The Kier molecular flexibility index (Phi) is 4.78. The van der Waals surface area contributed by atoms with E-state index >= 15 is 0 Å². The summed E-state index contributed by atoms with van der Waals surface area (Å²) in [6, 6.07) is 10.3. The molecule has 1 aliphatic heterocycles. The van der Waals surface area contributed by atoms with Crippen molar-refractivity contribution in [3.8, 4) is 0 Å². The average Bonchev–Trinajstić information content (AvgIpc) is 2.93. The van der Waals surface area contributed by atoms with Gasteiger partial charge in [0, 0.05) is 41.3 Å². The van der Waals surface area contributed by atoms with E-state index in [2.05, 4.69) is 9.88 Å². The van der Waals surface area contributed by atoms with Crippen molar-refractivity contribution in [1.29, 1.82) is 0 Å². The van der Waals surface area contributed by atoms with Crippen LogP contribution in [0.3, 0.4) is 0 Å². The van der Waals surface area contributed by atoms with Crippen molar-refractivity contribution in [2.75, 3.05) is 13.1 Å². The lowest BCUT2D eigenvalue weighted by atomic mass is 10.0. The summed E-state index contributed by atoms with van der Waals surface area (Å²) < 4.78 is 15.8. The molecule has 0 radical (unpaired) electrons. The molecule has 2 heterocycles. The van der Waals surface area contributed by atoms with Gasteiger partial charge in [0.1, 0.15) is 5.82 Å². The maximum Gasteiger partial charge on any atom is 0.326 e. The van der Waals surface area contributed by atoms with E-state index in [1.807, 2.05) is 12.1 Å². The van der Waals surface area contributed by atoms with Crippen molar-refractivity contribution in [3.63, 3.8) is 0 Å². The third kappa shape index (κ3) is 3.39. The van der Waals surface area contributed by atoms with Gasteiger partial charge in [-0.2, -0.15) is 0 Å². The number of fused-ring (bicyclic) bond motifs is 1. The van der Waals surface area contributed by atoms with Gasteiger partial charge in [0.2, 0.25) is 0 Å². The number of hydrogen-bond donors (Lipinski definition) is 1. The number of rotatable bonds is 3. The molecule has 0 aliphatic carbocycles. The molecule has 7 heteroatoms. The molecule has 0 bridgehead atoms. The number of aromatic amines is 1. The predicted octanol–water partition coefficient (Wildman–Crippen LogP) is 4.61. The highest BCUT2D eigenvalue weighted by Gasteiger charge is 2.24. The molecule has 0 unspecified atom stereocenters. The first-order valence-corrected chi connectivity index (χ1v) is 9.33. The van der Waals surface area contributed by atoms with Gasteiger partial charge in [-0.3, -0.25) is 9.47 Å². The van der Waals surface area contributed by atoms with Crippen molar-refractivity contribution in [3.05, 3.63) is 68.3 Å². The lowest BCUT2D eigenvalue weighted by Gasteiger charge is -2.32. The maximum atomic E-state index is 14.0. The average molecular weight is 394 g/mol. The zero-order valence-corrected chi connectivity index (χ0v) is 15.5. The predicted molar refractivity (Wildman–Crippen MR) is 103 cm³/mol. The molecule has 1 N–H and O–H groups in total. The van der Waals surface area contributed by atoms with Gasteiger partial charge in [-0.1, -0.05) is 29.3 Å². The van der Waals surface area contributed by atoms with Crippen molar-refractivity contribution < 1.29 is 4.39 Å². The second kappa shape index (κ2) is 7.06. The zero-order valence-electron chi connectivity index (χ0n) is 14.0. The molecule has 1 aliphatic rings. The van der Waals surface area contributed by atoms with Crippen LogP contribution < -0.4 is 5.69 Å². The van der Waals surface area contributed by atoms with Gasteiger partial charge in [-0.15, -0.1) is 0 Å². The highest BCUT2D eigenvalue weighted by Crippen LogP contribution is 2.27. The number of hydrogen-bond acceptors (Lipinski definition) is 2. The molecule has 1 aromatic heterocycles. The summed E-state index contributed by atoms with van der Waals surface area (Å²) in [6.07, 6.45) is 1.66. The van der Waals surface area contributed by atoms with Crippen LogP contribution in [0.4, 0.5) is 4.39 Å². The van der Waals surface area contributed by atoms with Crippen LogP contribution >= 0.6 is 23.2 Å². The lowest BCUT2D eigenvalue weighted by molar-refractivity contribution is 0.178. The first-order valence-electron chi connectivity index (χ1n) is 8.57. The van der Waals surface area contributed by atoms with Crippen molar-refractivity contribution >= 4 is 34.2 Å². The minimum Gasteiger partial charge on any atom is -0.306 e. The van der Waals surface area contributed by atoms with Gasteiger partial charge in [0.15, 0.2) is 0 Å². The minimum absolute atomic E-state index is 0.107. The Hall–Kier alpha value is -1.82. The van der Waals surface area contributed by atoms with Crippen molar-refractivity contribution in [1.82, 2.24) is 14.5 Å². The molecule has 0 atom stereocenters. The molecule has 0 spiro atoms. The van der Waals surface area contributed by atoms with Crippen LogP contribution in [0.15, 0.2) is 41.2 Å². The van der Waals surface area contributed by atoms with E-state index in [1.165, 1.54) is 6.07 Å². The monoisotopic (exact) mass is 393 g/mol. The summed E-state index contributed by atoms with van der Waals surface area (Å²) >= 11 is 11.9. The van der Waals surface area contributed by atoms with Crippen LogP contribution in [0.25, 0.3) is 11.0 Å². The third-order valence-corrected chi connectivity index (χ3v) is 5.48. The van der Waals surface area contributed by atoms with E-state index < -0.39 is 0 Å². The van der Waals surface area contributed by atoms with Crippen molar-refractivity contribution in [2.24, 2.45) is 0 Å². The summed E-state index contributed by atoms with van der Waals surface area (Å²) in [5.41, 5.74) is 2.17. The standard InChI is InChI=1S/C19H18Cl2FN3O/c20-13-2-1-12(16(22)9-13)11-24-7-5-15(6-8-24)25-18-10-14(21)3-4-17(18)23-19(25)26/h1-4,9-10,15H,5-8,11H2,(H,23,26). The number of aromatic nitrogens is 2. The molecule has 1 fully saturated rings. The number of benzene rings is 2. The molecule has 3 aromatic rings. The summed E-state index contributed by atoms with van der Waals surface area (Å²) in [7, 11) is 0. The number of piperidine rings is 1. The first kappa shape index (κ1) is 17.6. The highest BCUT2D eigenvalue weighted by atomic mass is 35.5. The second-order valence-electron chi connectivity index (χ2n) is 6.70. The summed E-state index contributed by atoms with van der Waals surface area (Å²) in [4.78, 5) is 17.5. The Bertz CT molecular complexity index is 1010. The Balaban J connectivity index is 1.49. The Morgan fingerprint density at radius 3 is 2.50 bits per heavy atom. The number of halogens is 3. The summed E-state index contributed by atoms with van der Waals surface area (Å²) in [6.45, 7) is 2.14.